The summed E-state index contributed by atoms with van der Waals surface area (Å²) in [4.78, 5) is 13.2. The summed E-state index contributed by atoms with van der Waals surface area (Å²) in [6, 6.07) is 9.08. The molecule has 0 aromatic heterocycles. The van der Waals surface area contributed by atoms with Crippen molar-refractivity contribution in [1.29, 1.82) is 0 Å². The fourth-order valence-electron chi connectivity index (χ4n) is 3.37. The van der Waals surface area contributed by atoms with Gasteiger partial charge in [0, 0.05) is 28.0 Å². The molecule has 2 fully saturated rings. The second-order valence-corrected chi connectivity index (χ2v) is 8.09. The van der Waals surface area contributed by atoms with Crippen molar-refractivity contribution in [2.45, 2.75) is 68.0 Å². The Morgan fingerprint density at radius 3 is 2.39 bits per heavy atom. The molecule has 1 aromatic rings. The van der Waals surface area contributed by atoms with Gasteiger partial charge in [-0.3, -0.25) is 4.79 Å². The van der Waals surface area contributed by atoms with E-state index in [9.17, 15) is 4.79 Å². The first kappa shape index (κ1) is 17.1. The van der Waals surface area contributed by atoms with Gasteiger partial charge in [-0.25, -0.2) is 0 Å². The van der Waals surface area contributed by atoms with Crippen molar-refractivity contribution in [3.8, 4) is 0 Å². The Balaban J connectivity index is 1.38. The molecular formula is C18H25ClN2OS. The molecule has 0 unspecified atom stereocenters. The molecule has 126 valence electrons. The summed E-state index contributed by atoms with van der Waals surface area (Å²) in [7, 11) is 0. The highest BCUT2D eigenvalue weighted by atomic mass is 35.5. The Labute approximate surface area is 147 Å². The zero-order valence-electron chi connectivity index (χ0n) is 13.4. The van der Waals surface area contributed by atoms with E-state index in [1.54, 1.807) is 11.8 Å². The molecule has 2 saturated carbocycles. The van der Waals surface area contributed by atoms with Crippen molar-refractivity contribution in [1.82, 2.24) is 10.6 Å². The molecular weight excluding hydrogens is 328 g/mol. The van der Waals surface area contributed by atoms with Gasteiger partial charge in [0.25, 0.3) is 0 Å². The average molecular weight is 353 g/mol. The van der Waals surface area contributed by atoms with E-state index in [0.29, 0.717) is 23.9 Å². The first-order valence-electron chi connectivity index (χ1n) is 8.64. The van der Waals surface area contributed by atoms with Gasteiger partial charge >= 0.3 is 0 Å². The maximum absolute atomic E-state index is 12.1. The highest BCUT2D eigenvalue weighted by molar-refractivity contribution is 8.00. The van der Waals surface area contributed by atoms with Crippen LogP contribution in [0.2, 0.25) is 5.02 Å². The van der Waals surface area contributed by atoms with Crippen LogP contribution in [0.25, 0.3) is 0 Å². The number of benzene rings is 1. The number of rotatable bonds is 6. The SMILES string of the molecule is O=C(CSc1ccc(Cl)cc1)N[C@H]1CC[C@H]1NC1CCCCC1. The smallest absolute Gasteiger partial charge is 0.230 e. The minimum absolute atomic E-state index is 0.130. The topological polar surface area (TPSA) is 41.1 Å². The Kier molecular flexibility index (Phi) is 6.26. The number of halogens is 1. The molecule has 5 heteroatoms. The lowest BCUT2D eigenvalue weighted by Gasteiger charge is -2.41. The van der Waals surface area contributed by atoms with Gasteiger partial charge in [-0.1, -0.05) is 30.9 Å². The Bertz CT molecular complexity index is 516. The van der Waals surface area contributed by atoms with E-state index < -0.39 is 0 Å². The fourth-order valence-corrected chi connectivity index (χ4v) is 4.21. The summed E-state index contributed by atoms with van der Waals surface area (Å²) in [6.07, 6.45) is 8.95. The molecule has 2 N–H and O–H groups in total. The molecule has 2 aliphatic carbocycles. The van der Waals surface area contributed by atoms with Crippen molar-refractivity contribution < 1.29 is 4.79 Å². The summed E-state index contributed by atoms with van der Waals surface area (Å²) in [5.41, 5.74) is 0. The normalized spacial score (nSPS) is 24.9. The van der Waals surface area contributed by atoms with Crippen LogP contribution in [0.5, 0.6) is 0 Å². The third-order valence-electron chi connectivity index (χ3n) is 4.86. The Morgan fingerprint density at radius 2 is 1.74 bits per heavy atom. The van der Waals surface area contributed by atoms with Crippen LogP contribution in [0.3, 0.4) is 0 Å². The van der Waals surface area contributed by atoms with Crippen LogP contribution in [0, 0.1) is 0 Å². The summed E-state index contributed by atoms with van der Waals surface area (Å²) < 4.78 is 0. The second-order valence-electron chi connectivity index (χ2n) is 6.60. The Hall–Kier alpha value is -0.710. The summed E-state index contributed by atoms with van der Waals surface area (Å²) >= 11 is 7.43. The standard InChI is InChI=1S/C18H25ClN2OS/c19-13-6-8-15(9-7-13)23-12-18(22)21-17-11-10-16(17)20-14-4-2-1-3-5-14/h6-9,14,16-17,20H,1-5,10-12H2,(H,21,22)/t16-,17+/m1/s1. The van der Waals surface area contributed by atoms with Gasteiger partial charge in [0.15, 0.2) is 0 Å². The van der Waals surface area contributed by atoms with Gasteiger partial charge in [0.1, 0.15) is 0 Å². The van der Waals surface area contributed by atoms with E-state index in [1.807, 2.05) is 24.3 Å². The van der Waals surface area contributed by atoms with Gasteiger partial charge in [0.2, 0.25) is 5.91 Å². The molecule has 0 heterocycles. The third-order valence-corrected chi connectivity index (χ3v) is 6.12. The maximum atomic E-state index is 12.1. The highest BCUT2D eigenvalue weighted by Crippen LogP contribution is 2.25. The van der Waals surface area contributed by atoms with Gasteiger partial charge < -0.3 is 10.6 Å². The minimum Gasteiger partial charge on any atom is -0.351 e. The van der Waals surface area contributed by atoms with Crippen LogP contribution in [-0.2, 0) is 4.79 Å². The fraction of sp³-hybridized carbons (Fsp3) is 0.611. The first-order chi connectivity index (χ1) is 11.2. The van der Waals surface area contributed by atoms with Crippen LogP contribution >= 0.6 is 23.4 Å². The predicted molar refractivity (Wildman–Crippen MR) is 97.1 cm³/mol. The van der Waals surface area contributed by atoms with Gasteiger partial charge in [-0.2, -0.15) is 0 Å². The maximum Gasteiger partial charge on any atom is 0.230 e. The molecule has 0 bridgehead atoms. The van der Waals surface area contributed by atoms with Crippen molar-refractivity contribution in [3.05, 3.63) is 29.3 Å². The van der Waals surface area contributed by atoms with Crippen LogP contribution < -0.4 is 10.6 Å². The zero-order valence-corrected chi connectivity index (χ0v) is 15.0. The quantitative estimate of drug-likeness (QED) is 0.760. The number of hydrogen-bond donors (Lipinski definition) is 2. The van der Waals surface area contributed by atoms with E-state index >= 15 is 0 Å². The van der Waals surface area contributed by atoms with Crippen LogP contribution in [0.15, 0.2) is 29.2 Å². The van der Waals surface area contributed by atoms with Gasteiger partial charge in [0.05, 0.1) is 5.75 Å². The molecule has 2 atom stereocenters. The molecule has 2 aliphatic rings. The lowest BCUT2D eigenvalue weighted by Crippen LogP contribution is -2.59. The van der Waals surface area contributed by atoms with E-state index in [-0.39, 0.29) is 5.91 Å². The molecule has 0 spiro atoms. The molecule has 0 aliphatic heterocycles. The highest BCUT2D eigenvalue weighted by Gasteiger charge is 2.33. The zero-order chi connectivity index (χ0) is 16.1. The van der Waals surface area contributed by atoms with Gasteiger partial charge in [-0.05, 0) is 49.9 Å². The van der Waals surface area contributed by atoms with Gasteiger partial charge in [-0.15, -0.1) is 11.8 Å². The lowest BCUT2D eigenvalue weighted by atomic mass is 9.84. The van der Waals surface area contributed by atoms with Crippen molar-refractivity contribution >= 4 is 29.3 Å². The molecule has 3 rings (SSSR count). The molecule has 0 radical (unpaired) electrons. The molecule has 0 saturated heterocycles. The largest absolute Gasteiger partial charge is 0.351 e. The monoisotopic (exact) mass is 352 g/mol. The van der Waals surface area contributed by atoms with Crippen LogP contribution in [-0.4, -0.2) is 29.8 Å². The van der Waals surface area contributed by atoms with Crippen molar-refractivity contribution in [2.24, 2.45) is 0 Å². The van der Waals surface area contributed by atoms with E-state index in [0.717, 1.165) is 16.3 Å². The predicted octanol–water partition coefficient (Wildman–Crippen LogP) is 4.00. The number of carbonyl (C=O) groups is 1. The first-order valence-corrected chi connectivity index (χ1v) is 10.0. The number of thioether (sulfide) groups is 1. The summed E-state index contributed by atoms with van der Waals surface area (Å²) in [5, 5.41) is 7.67. The minimum atomic E-state index is 0.130. The molecule has 1 aromatic carbocycles. The number of nitrogens with one attached hydrogen (secondary N) is 2. The molecule has 1 amide bonds. The van der Waals surface area contributed by atoms with E-state index in [1.165, 1.54) is 38.5 Å². The number of hydrogen-bond acceptors (Lipinski definition) is 3. The van der Waals surface area contributed by atoms with E-state index in [4.69, 9.17) is 11.6 Å². The van der Waals surface area contributed by atoms with E-state index in [2.05, 4.69) is 10.6 Å². The van der Waals surface area contributed by atoms with Crippen LogP contribution in [0.4, 0.5) is 0 Å². The lowest BCUT2D eigenvalue weighted by molar-refractivity contribution is -0.120. The van der Waals surface area contributed by atoms with Crippen molar-refractivity contribution in [2.75, 3.05) is 5.75 Å². The number of amides is 1. The average Bonchev–Trinajstić information content (AvgIpc) is 2.57. The summed E-state index contributed by atoms with van der Waals surface area (Å²) in [6.45, 7) is 0. The number of carbonyl (C=O) groups excluding carboxylic acids is 1. The Morgan fingerprint density at radius 1 is 1.04 bits per heavy atom. The summed E-state index contributed by atoms with van der Waals surface area (Å²) in [5.74, 6) is 0.596. The van der Waals surface area contributed by atoms with Crippen LogP contribution in [0.1, 0.15) is 44.9 Å². The van der Waals surface area contributed by atoms with Crippen molar-refractivity contribution in [3.63, 3.8) is 0 Å². The third kappa shape index (κ3) is 5.13. The second kappa shape index (κ2) is 8.41. The molecule has 23 heavy (non-hydrogen) atoms. The molecule has 3 nitrogen and oxygen atoms in total.